The van der Waals surface area contributed by atoms with Crippen molar-refractivity contribution in [1.82, 2.24) is 10.1 Å². The van der Waals surface area contributed by atoms with Crippen molar-refractivity contribution in [1.29, 1.82) is 0 Å². The molecule has 0 saturated carbocycles. The van der Waals surface area contributed by atoms with Gasteiger partial charge in [0.2, 0.25) is 0 Å². The number of aromatic nitrogens is 1. The van der Waals surface area contributed by atoms with Gasteiger partial charge in [-0.1, -0.05) is 35.5 Å². The van der Waals surface area contributed by atoms with E-state index in [0.29, 0.717) is 5.92 Å². The van der Waals surface area contributed by atoms with E-state index >= 15 is 0 Å². The average Bonchev–Trinajstić information content (AvgIpc) is 3.23. The van der Waals surface area contributed by atoms with Gasteiger partial charge in [0.25, 0.3) is 0 Å². The summed E-state index contributed by atoms with van der Waals surface area (Å²) in [6, 6.07) is 17.9. The van der Waals surface area contributed by atoms with E-state index in [9.17, 15) is 0 Å². The van der Waals surface area contributed by atoms with Crippen molar-refractivity contribution >= 4 is 21.4 Å². The number of nitrogens with zero attached hydrogens (tertiary/aromatic N) is 2. The molecule has 0 amide bonds. The maximum atomic E-state index is 5.38. The lowest BCUT2D eigenvalue weighted by molar-refractivity contribution is 0.296. The van der Waals surface area contributed by atoms with Crippen LogP contribution in [0, 0.1) is 13.8 Å². The molecule has 0 saturated heterocycles. The van der Waals surface area contributed by atoms with Crippen molar-refractivity contribution in [2.75, 3.05) is 13.6 Å². The molecule has 1 aliphatic rings. The predicted molar refractivity (Wildman–Crippen MR) is 111 cm³/mol. The lowest BCUT2D eigenvalue weighted by atomic mass is 9.86. The van der Waals surface area contributed by atoms with Crippen LogP contribution in [-0.2, 0) is 6.54 Å². The first-order valence-corrected chi connectivity index (χ1v) is 10.1. The molecule has 0 spiro atoms. The Morgan fingerprint density at radius 2 is 1.96 bits per heavy atom. The molecule has 1 atom stereocenters. The minimum absolute atomic E-state index is 0.426. The molecule has 3 heterocycles. The third-order valence-corrected chi connectivity index (χ3v) is 6.79. The molecular weight excluding hydrogens is 352 g/mol. The highest BCUT2D eigenvalue weighted by molar-refractivity contribution is 7.19. The monoisotopic (exact) mass is 374 g/mol. The Kier molecular flexibility index (Phi) is 3.92. The third-order valence-electron chi connectivity index (χ3n) is 5.56. The van der Waals surface area contributed by atoms with Crippen LogP contribution in [0.1, 0.15) is 33.4 Å². The molecule has 2 aromatic heterocycles. The zero-order valence-electron chi connectivity index (χ0n) is 15.8. The van der Waals surface area contributed by atoms with Gasteiger partial charge in [0.05, 0.1) is 5.69 Å². The molecule has 4 heteroatoms. The van der Waals surface area contributed by atoms with E-state index in [4.69, 9.17) is 4.52 Å². The van der Waals surface area contributed by atoms with Crippen LogP contribution in [0.25, 0.3) is 21.2 Å². The second-order valence-electron chi connectivity index (χ2n) is 7.55. The molecule has 1 aliphatic heterocycles. The van der Waals surface area contributed by atoms with Gasteiger partial charge in [0.1, 0.15) is 5.76 Å². The Hall–Kier alpha value is -2.43. The largest absolute Gasteiger partial charge is 0.361 e. The summed E-state index contributed by atoms with van der Waals surface area (Å²) in [5.41, 5.74) is 6.15. The van der Waals surface area contributed by atoms with Crippen LogP contribution >= 0.6 is 11.3 Å². The van der Waals surface area contributed by atoms with Crippen molar-refractivity contribution < 1.29 is 4.52 Å². The number of fused-ring (bicyclic) bond motifs is 2. The second-order valence-corrected chi connectivity index (χ2v) is 8.66. The topological polar surface area (TPSA) is 29.3 Å². The van der Waals surface area contributed by atoms with Crippen LogP contribution < -0.4 is 0 Å². The third kappa shape index (κ3) is 2.80. The van der Waals surface area contributed by atoms with Crippen LogP contribution in [0.2, 0.25) is 0 Å². The number of benzene rings is 2. The fourth-order valence-electron chi connectivity index (χ4n) is 4.32. The Balaban J connectivity index is 1.61. The van der Waals surface area contributed by atoms with E-state index in [0.717, 1.165) is 30.1 Å². The number of thiophene rings is 1. The van der Waals surface area contributed by atoms with E-state index < -0.39 is 0 Å². The average molecular weight is 375 g/mol. The van der Waals surface area contributed by atoms with Crippen LogP contribution in [0.3, 0.4) is 0 Å². The molecule has 4 aromatic rings. The van der Waals surface area contributed by atoms with E-state index in [1.165, 1.54) is 31.7 Å². The maximum Gasteiger partial charge on any atom is 0.141 e. The molecule has 3 nitrogen and oxygen atoms in total. The highest BCUT2D eigenvalue weighted by Gasteiger charge is 2.27. The maximum absolute atomic E-state index is 5.38. The molecule has 0 aliphatic carbocycles. The van der Waals surface area contributed by atoms with Gasteiger partial charge in [-0.25, -0.2) is 0 Å². The Morgan fingerprint density at radius 3 is 2.74 bits per heavy atom. The molecule has 0 fully saturated rings. The first-order valence-electron chi connectivity index (χ1n) is 9.33. The minimum Gasteiger partial charge on any atom is -0.361 e. The zero-order chi connectivity index (χ0) is 18.5. The molecule has 0 N–H and O–H groups in total. The van der Waals surface area contributed by atoms with Crippen LogP contribution in [-0.4, -0.2) is 23.6 Å². The van der Waals surface area contributed by atoms with E-state index in [1.807, 2.05) is 25.2 Å². The molecule has 27 heavy (non-hydrogen) atoms. The predicted octanol–water partition coefficient (Wildman–Crippen LogP) is 5.75. The molecule has 5 rings (SSSR count). The summed E-state index contributed by atoms with van der Waals surface area (Å²) in [6.45, 7) is 6.04. The number of hydrogen-bond donors (Lipinski definition) is 0. The summed E-state index contributed by atoms with van der Waals surface area (Å²) in [7, 11) is 2.21. The Morgan fingerprint density at radius 1 is 1.11 bits per heavy atom. The summed E-state index contributed by atoms with van der Waals surface area (Å²) in [6.07, 6.45) is 0. The zero-order valence-corrected chi connectivity index (χ0v) is 16.6. The van der Waals surface area contributed by atoms with Gasteiger partial charge < -0.3 is 9.42 Å². The van der Waals surface area contributed by atoms with E-state index in [2.05, 4.69) is 65.6 Å². The van der Waals surface area contributed by atoms with E-state index in [-0.39, 0.29) is 0 Å². The quantitative estimate of drug-likeness (QED) is 0.447. The Labute approximate surface area is 163 Å². The number of rotatable bonds is 2. The molecule has 0 radical (unpaired) electrons. The summed E-state index contributed by atoms with van der Waals surface area (Å²) in [5.74, 6) is 1.31. The summed E-state index contributed by atoms with van der Waals surface area (Å²) in [4.78, 5) is 3.88. The van der Waals surface area contributed by atoms with Crippen molar-refractivity contribution in [2.24, 2.45) is 0 Å². The lowest BCUT2D eigenvalue weighted by Gasteiger charge is -2.32. The smallest absolute Gasteiger partial charge is 0.141 e. The number of likely N-dealkylation sites (N-methyl/N-ethyl adjacent to an activating group) is 1. The van der Waals surface area contributed by atoms with Gasteiger partial charge in [-0.05, 0) is 61.2 Å². The minimum atomic E-state index is 0.426. The van der Waals surface area contributed by atoms with Gasteiger partial charge in [0.15, 0.2) is 0 Å². The highest BCUT2D eigenvalue weighted by Crippen LogP contribution is 2.40. The second kappa shape index (κ2) is 6.32. The normalized spacial score (nSPS) is 17.4. The molecule has 2 aromatic carbocycles. The molecule has 136 valence electrons. The summed E-state index contributed by atoms with van der Waals surface area (Å²) >= 11 is 1.92. The van der Waals surface area contributed by atoms with Gasteiger partial charge in [-0.15, -0.1) is 11.3 Å². The van der Waals surface area contributed by atoms with Gasteiger partial charge in [-0.3, -0.25) is 0 Å². The van der Waals surface area contributed by atoms with Crippen LogP contribution in [0.5, 0.6) is 0 Å². The number of aryl methyl sites for hydroxylation is 2. The molecule has 0 bridgehead atoms. The summed E-state index contributed by atoms with van der Waals surface area (Å²) in [5, 5.41) is 5.47. The van der Waals surface area contributed by atoms with Gasteiger partial charge in [-0.2, -0.15) is 0 Å². The van der Waals surface area contributed by atoms with Crippen LogP contribution in [0.15, 0.2) is 53.1 Å². The van der Waals surface area contributed by atoms with Crippen LogP contribution in [0.4, 0.5) is 0 Å². The first kappa shape index (κ1) is 16.7. The van der Waals surface area contributed by atoms with Crippen molar-refractivity contribution in [3.05, 3.63) is 76.0 Å². The number of hydrogen-bond acceptors (Lipinski definition) is 4. The van der Waals surface area contributed by atoms with Crippen molar-refractivity contribution in [3.63, 3.8) is 0 Å². The fraction of sp³-hybridized carbons (Fsp3) is 0.261. The van der Waals surface area contributed by atoms with Crippen molar-refractivity contribution in [2.45, 2.75) is 26.3 Å². The lowest BCUT2D eigenvalue weighted by Crippen LogP contribution is -2.30. The standard InChI is InChI=1S/C23H22N2OS/c1-14-23(15(2)26-24-14)17-8-9-19-18(10-17)12-25(3)13-20(19)22-11-16-6-4-5-7-21(16)27-22/h4-11,20H,12-13H2,1-3H3. The van der Waals surface area contributed by atoms with E-state index in [1.54, 1.807) is 0 Å². The van der Waals surface area contributed by atoms with Crippen molar-refractivity contribution in [3.8, 4) is 11.1 Å². The highest BCUT2D eigenvalue weighted by atomic mass is 32.1. The Bertz CT molecular complexity index is 1090. The SMILES string of the molecule is Cc1noc(C)c1-c1ccc2c(c1)CN(C)CC2c1cc2ccccc2s1. The first-order chi connectivity index (χ1) is 13.1. The fourth-order valence-corrected chi connectivity index (χ4v) is 5.49. The summed E-state index contributed by atoms with van der Waals surface area (Å²) < 4.78 is 6.75. The van der Waals surface area contributed by atoms with Gasteiger partial charge >= 0.3 is 0 Å². The van der Waals surface area contributed by atoms with Gasteiger partial charge in [0, 0.05) is 34.1 Å². The molecular formula is C23H22N2OS. The molecule has 1 unspecified atom stereocenters.